The quantitative estimate of drug-likeness (QED) is 0.817. The number of rotatable bonds is 5. The van der Waals surface area contributed by atoms with Gasteiger partial charge < -0.3 is 14.5 Å². The van der Waals surface area contributed by atoms with E-state index < -0.39 is 0 Å². The van der Waals surface area contributed by atoms with E-state index in [4.69, 9.17) is 27.9 Å². The Morgan fingerprint density at radius 2 is 1.68 bits per heavy atom. The molecule has 2 aliphatic rings. The summed E-state index contributed by atoms with van der Waals surface area (Å²) in [6, 6.07) is 5.83. The van der Waals surface area contributed by atoms with Gasteiger partial charge in [0.15, 0.2) is 0 Å². The highest BCUT2D eigenvalue weighted by Gasteiger charge is 2.22. The van der Waals surface area contributed by atoms with E-state index in [1.54, 1.807) is 6.07 Å². The summed E-state index contributed by atoms with van der Waals surface area (Å²) in [6.45, 7) is 8.85. The number of hydrogen-bond donors (Lipinski definition) is 0. The van der Waals surface area contributed by atoms with Crippen molar-refractivity contribution in [3.8, 4) is 0 Å². The van der Waals surface area contributed by atoms with Crippen LogP contribution >= 0.6 is 23.2 Å². The minimum Gasteiger partial charge on any atom is -0.381 e. The Balaban J connectivity index is 1.40. The molecule has 122 valence electrons. The number of ether oxygens (including phenoxy) is 1. The van der Waals surface area contributed by atoms with Gasteiger partial charge in [0, 0.05) is 55.9 Å². The Bertz CT molecular complexity index is 463. The van der Waals surface area contributed by atoms with E-state index in [0.717, 1.165) is 55.2 Å². The predicted molar refractivity (Wildman–Crippen MR) is 92.0 cm³/mol. The maximum absolute atomic E-state index is 6.06. The summed E-state index contributed by atoms with van der Waals surface area (Å²) in [5, 5.41) is 1.46. The first kappa shape index (κ1) is 16.5. The van der Waals surface area contributed by atoms with Crippen molar-refractivity contribution in [2.45, 2.75) is 12.8 Å². The van der Waals surface area contributed by atoms with Gasteiger partial charge in [-0.2, -0.15) is 0 Å². The van der Waals surface area contributed by atoms with Gasteiger partial charge in [-0.15, -0.1) is 0 Å². The van der Waals surface area contributed by atoms with Gasteiger partial charge in [-0.1, -0.05) is 23.2 Å². The molecule has 0 bridgehead atoms. The maximum atomic E-state index is 6.06. The van der Waals surface area contributed by atoms with E-state index in [-0.39, 0.29) is 0 Å². The van der Waals surface area contributed by atoms with Gasteiger partial charge in [0.2, 0.25) is 0 Å². The van der Waals surface area contributed by atoms with Gasteiger partial charge in [-0.25, -0.2) is 0 Å². The fourth-order valence-corrected chi connectivity index (χ4v) is 3.90. The second kappa shape index (κ2) is 7.98. The average Bonchev–Trinajstić information content (AvgIpc) is 2.98. The molecule has 3 nitrogen and oxygen atoms in total. The molecular formula is C17H24Cl2N2O. The molecule has 1 unspecified atom stereocenters. The van der Waals surface area contributed by atoms with Crippen LogP contribution in [0.4, 0.5) is 0 Å². The Hall–Kier alpha value is -0.320. The monoisotopic (exact) mass is 342 g/mol. The van der Waals surface area contributed by atoms with Gasteiger partial charge in [0.1, 0.15) is 0 Å². The van der Waals surface area contributed by atoms with Crippen LogP contribution in [-0.4, -0.2) is 62.3 Å². The van der Waals surface area contributed by atoms with Crippen LogP contribution in [0.3, 0.4) is 0 Å². The Morgan fingerprint density at radius 3 is 2.32 bits per heavy atom. The van der Waals surface area contributed by atoms with Crippen molar-refractivity contribution in [1.29, 1.82) is 0 Å². The maximum Gasteiger partial charge on any atom is 0.0507 e. The normalized spacial score (nSPS) is 24.0. The van der Waals surface area contributed by atoms with E-state index in [0.29, 0.717) is 0 Å². The largest absolute Gasteiger partial charge is 0.381 e. The highest BCUT2D eigenvalue weighted by Crippen LogP contribution is 2.20. The van der Waals surface area contributed by atoms with Crippen LogP contribution in [-0.2, 0) is 11.2 Å². The standard InChI is InChI=1S/C17H24Cl2N2O/c18-16-9-14(10-17(19)11-16)1-3-20-4-6-21(7-5-20)12-15-2-8-22-13-15/h9-11,15H,1-8,12-13H2. The van der Waals surface area contributed by atoms with Crippen LogP contribution in [0.2, 0.25) is 10.0 Å². The molecule has 1 aromatic carbocycles. The lowest BCUT2D eigenvalue weighted by Gasteiger charge is -2.35. The van der Waals surface area contributed by atoms with Crippen molar-refractivity contribution < 1.29 is 4.74 Å². The van der Waals surface area contributed by atoms with Gasteiger partial charge in [0.05, 0.1) is 6.61 Å². The number of hydrogen-bond acceptors (Lipinski definition) is 3. The fraction of sp³-hybridized carbons (Fsp3) is 0.647. The van der Waals surface area contributed by atoms with E-state index in [9.17, 15) is 0 Å². The zero-order valence-corrected chi connectivity index (χ0v) is 14.5. The van der Waals surface area contributed by atoms with Crippen molar-refractivity contribution in [3.63, 3.8) is 0 Å². The van der Waals surface area contributed by atoms with E-state index in [2.05, 4.69) is 9.80 Å². The van der Waals surface area contributed by atoms with E-state index >= 15 is 0 Å². The number of halogens is 2. The van der Waals surface area contributed by atoms with Crippen LogP contribution in [0.5, 0.6) is 0 Å². The SMILES string of the molecule is Clc1cc(Cl)cc(CCN2CCN(CC3CCOC3)CC2)c1. The van der Waals surface area contributed by atoms with Crippen LogP contribution in [0.25, 0.3) is 0 Å². The van der Waals surface area contributed by atoms with Crippen molar-refractivity contribution in [1.82, 2.24) is 9.80 Å². The fourth-order valence-electron chi connectivity index (χ4n) is 3.33. The minimum atomic E-state index is 0.728. The third-order valence-electron chi connectivity index (χ3n) is 4.64. The van der Waals surface area contributed by atoms with Gasteiger partial charge >= 0.3 is 0 Å². The molecule has 0 aromatic heterocycles. The summed E-state index contributed by atoms with van der Waals surface area (Å²) in [6.07, 6.45) is 2.24. The first-order chi connectivity index (χ1) is 10.7. The van der Waals surface area contributed by atoms with Gasteiger partial charge in [-0.05, 0) is 42.5 Å². The second-order valence-corrected chi connectivity index (χ2v) is 7.27. The molecule has 3 rings (SSSR count). The van der Waals surface area contributed by atoms with Gasteiger partial charge in [0.25, 0.3) is 0 Å². The Morgan fingerprint density at radius 1 is 1.00 bits per heavy atom. The molecule has 0 saturated carbocycles. The highest BCUT2D eigenvalue weighted by atomic mass is 35.5. The predicted octanol–water partition coefficient (Wildman–Crippen LogP) is 3.19. The summed E-state index contributed by atoms with van der Waals surface area (Å²) < 4.78 is 5.47. The summed E-state index contributed by atoms with van der Waals surface area (Å²) in [4.78, 5) is 5.13. The van der Waals surface area contributed by atoms with Crippen molar-refractivity contribution in [2.75, 3.05) is 52.5 Å². The third-order valence-corrected chi connectivity index (χ3v) is 5.08. The lowest BCUT2D eigenvalue weighted by Crippen LogP contribution is -2.48. The number of benzene rings is 1. The van der Waals surface area contributed by atoms with Crippen molar-refractivity contribution in [3.05, 3.63) is 33.8 Å². The van der Waals surface area contributed by atoms with Crippen LogP contribution in [0.1, 0.15) is 12.0 Å². The molecule has 0 radical (unpaired) electrons. The zero-order valence-electron chi connectivity index (χ0n) is 12.9. The summed E-state index contributed by atoms with van der Waals surface area (Å²) in [7, 11) is 0. The Kier molecular flexibility index (Phi) is 6.00. The molecule has 0 N–H and O–H groups in total. The number of piperazine rings is 1. The molecule has 1 aromatic rings. The summed E-state index contributed by atoms with van der Waals surface area (Å²) in [5.41, 5.74) is 1.23. The molecule has 5 heteroatoms. The summed E-state index contributed by atoms with van der Waals surface area (Å²) in [5.74, 6) is 0.750. The number of nitrogens with zero attached hydrogens (tertiary/aromatic N) is 2. The molecule has 0 aliphatic carbocycles. The van der Waals surface area contributed by atoms with Crippen molar-refractivity contribution >= 4 is 23.2 Å². The molecule has 2 fully saturated rings. The molecule has 22 heavy (non-hydrogen) atoms. The minimum absolute atomic E-state index is 0.728. The molecule has 0 amide bonds. The third kappa shape index (κ3) is 4.84. The molecule has 2 saturated heterocycles. The van der Waals surface area contributed by atoms with E-state index in [1.807, 2.05) is 12.1 Å². The topological polar surface area (TPSA) is 15.7 Å². The van der Waals surface area contributed by atoms with Crippen LogP contribution < -0.4 is 0 Å². The first-order valence-corrected chi connectivity index (χ1v) is 8.92. The molecule has 0 spiro atoms. The van der Waals surface area contributed by atoms with Crippen LogP contribution in [0.15, 0.2) is 18.2 Å². The molecule has 2 aliphatic heterocycles. The lowest BCUT2D eigenvalue weighted by atomic mass is 10.1. The average molecular weight is 343 g/mol. The molecule has 2 heterocycles. The smallest absolute Gasteiger partial charge is 0.0507 e. The molecular weight excluding hydrogens is 319 g/mol. The lowest BCUT2D eigenvalue weighted by molar-refractivity contribution is 0.111. The van der Waals surface area contributed by atoms with Crippen molar-refractivity contribution in [2.24, 2.45) is 5.92 Å². The van der Waals surface area contributed by atoms with Gasteiger partial charge in [-0.3, -0.25) is 0 Å². The molecule has 1 atom stereocenters. The summed E-state index contributed by atoms with van der Waals surface area (Å²) >= 11 is 12.1. The highest BCUT2D eigenvalue weighted by molar-refractivity contribution is 6.34. The van der Waals surface area contributed by atoms with Crippen LogP contribution in [0, 0.1) is 5.92 Å². The second-order valence-electron chi connectivity index (χ2n) is 6.40. The van der Waals surface area contributed by atoms with E-state index in [1.165, 1.54) is 31.6 Å². The Labute approximate surface area is 143 Å². The zero-order chi connectivity index (χ0) is 15.4. The first-order valence-electron chi connectivity index (χ1n) is 8.16.